The van der Waals surface area contributed by atoms with Gasteiger partial charge in [-0.25, -0.2) is 13.0 Å². The fraction of sp³-hybridized carbons (Fsp3) is 0.0556. The maximum Gasteiger partial charge on any atom is 0.266 e. The first-order valence-corrected chi connectivity index (χ1v) is 15.9. The third-order valence-electron chi connectivity index (χ3n) is 7.95. The van der Waals surface area contributed by atoms with Crippen LogP contribution in [0.1, 0.15) is 5.56 Å². The Bertz CT molecular complexity index is 2570. The molecule has 11 heteroatoms. The Balaban J connectivity index is 1.08. The predicted molar refractivity (Wildman–Crippen MR) is 177 cm³/mol. The van der Waals surface area contributed by atoms with Gasteiger partial charge in [0.1, 0.15) is 23.0 Å². The maximum absolute atomic E-state index is 13.2. The molecular weight excluding hydrogens is 620 g/mol. The number of ether oxygens (including phenoxy) is 2. The average molecular weight is 645 g/mol. The van der Waals surface area contributed by atoms with E-state index < -0.39 is 32.1 Å². The molecule has 10 nitrogen and oxygen atoms in total. The smallest absolute Gasteiger partial charge is 0.266 e. The molecule has 0 bridgehead atoms. The molecule has 7 rings (SSSR count). The lowest BCUT2D eigenvalue weighted by Gasteiger charge is -2.10. The number of benzene rings is 5. The minimum atomic E-state index is -3.80. The SMILES string of the molecule is Cc1ccc(Oc2ccc(S(=O)(=O)c3ccc(Oc4ccc(-n5c(=O)c6cc7c(=O)n(C)c(=O)c7cc6c5=O)cc4)cc3)cc2)cc1. The van der Waals surface area contributed by atoms with Crippen molar-refractivity contribution >= 4 is 31.4 Å². The quantitative estimate of drug-likeness (QED) is 0.233. The molecule has 2 aromatic heterocycles. The lowest BCUT2D eigenvalue weighted by molar-refractivity contribution is 0.482. The minimum Gasteiger partial charge on any atom is -0.457 e. The van der Waals surface area contributed by atoms with Crippen molar-refractivity contribution in [3.63, 3.8) is 0 Å². The summed E-state index contributed by atoms with van der Waals surface area (Å²) in [6.07, 6.45) is 0. The molecule has 0 N–H and O–H groups in total. The van der Waals surface area contributed by atoms with Gasteiger partial charge in [0.25, 0.3) is 22.2 Å². The largest absolute Gasteiger partial charge is 0.457 e. The number of sulfone groups is 1. The molecule has 0 aliphatic rings. The van der Waals surface area contributed by atoms with Crippen molar-refractivity contribution < 1.29 is 17.9 Å². The van der Waals surface area contributed by atoms with Gasteiger partial charge in [0.15, 0.2) is 0 Å². The Hall–Kier alpha value is -6.07. The summed E-state index contributed by atoms with van der Waals surface area (Å²) in [4.78, 5) is 51.3. The summed E-state index contributed by atoms with van der Waals surface area (Å²) in [6, 6.07) is 28.4. The van der Waals surface area contributed by atoms with Gasteiger partial charge in [-0.2, -0.15) is 0 Å². The van der Waals surface area contributed by atoms with Crippen LogP contribution in [0.15, 0.2) is 138 Å². The second-order valence-electron chi connectivity index (χ2n) is 11.0. The number of aromatic nitrogens is 2. The summed E-state index contributed by atoms with van der Waals surface area (Å²) in [6.45, 7) is 1.98. The van der Waals surface area contributed by atoms with Crippen LogP contribution in [0.3, 0.4) is 0 Å². The molecule has 0 unspecified atom stereocenters. The topological polar surface area (TPSA) is 131 Å². The highest BCUT2D eigenvalue weighted by molar-refractivity contribution is 7.91. The van der Waals surface area contributed by atoms with Crippen LogP contribution in [-0.4, -0.2) is 17.6 Å². The monoisotopic (exact) mass is 644 g/mol. The lowest BCUT2D eigenvalue weighted by Crippen LogP contribution is -2.23. The predicted octanol–water partition coefficient (Wildman–Crippen LogP) is 5.16. The van der Waals surface area contributed by atoms with Gasteiger partial charge in [-0.3, -0.25) is 23.7 Å². The molecule has 0 atom stereocenters. The second-order valence-corrected chi connectivity index (χ2v) is 13.0. The molecule has 0 aliphatic carbocycles. The van der Waals surface area contributed by atoms with Gasteiger partial charge < -0.3 is 9.47 Å². The van der Waals surface area contributed by atoms with Crippen LogP contribution in [0.2, 0.25) is 0 Å². The Morgan fingerprint density at radius 3 is 1.23 bits per heavy atom. The van der Waals surface area contributed by atoms with Crippen molar-refractivity contribution in [3.8, 4) is 28.7 Å². The van der Waals surface area contributed by atoms with Gasteiger partial charge in [-0.05, 0) is 104 Å². The minimum absolute atomic E-state index is 0.0482. The Labute approximate surface area is 266 Å². The third kappa shape index (κ3) is 5.12. The van der Waals surface area contributed by atoms with Gasteiger partial charge in [-0.1, -0.05) is 17.7 Å². The van der Waals surface area contributed by atoms with Crippen molar-refractivity contribution in [2.75, 3.05) is 0 Å². The van der Waals surface area contributed by atoms with Crippen molar-refractivity contribution in [3.05, 3.63) is 156 Å². The summed E-state index contributed by atoms with van der Waals surface area (Å²) >= 11 is 0. The van der Waals surface area contributed by atoms with Crippen molar-refractivity contribution in [1.29, 1.82) is 0 Å². The first-order chi connectivity index (χ1) is 22.5. The van der Waals surface area contributed by atoms with Gasteiger partial charge in [-0.15, -0.1) is 0 Å². The zero-order chi connectivity index (χ0) is 33.0. The molecule has 0 amide bonds. The Morgan fingerprint density at radius 2 is 0.830 bits per heavy atom. The zero-order valence-electron chi connectivity index (χ0n) is 25.0. The molecule has 5 aromatic carbocycles. The number of hydrogen-bond donors (Lipinski definition) is 0. The van der Waals surface area contributed by atoms with Crippen LogP contribution in [0, 0.1) is 6.92 Å². The van der Waals surface area contributed by atoms with E-state index in [4.69, 9.17) is 9.47 Å². The van der Waals surface area contributed by atoms with E-state index in [0.29, 0.717) is 23.0 Å². The third-order valence-corrected chi connectivity index (χ3v) is 9.74. The first kappa shape index (κ1) is 29.6. The van der Waals surface area contributed by atoms with Crippen LogP contribution in [0.5, 0.6) is 23.0 Å². The van der Waals surface area contributed by atoms with Gasteiger partial charge >= 0.3 is 0 Å². The van der Waals surface area contributed by atoms with Crippen LogP contribution in [-0.2, 0) is 16.9 Å². The first-order valence-electron chi connectivity index (χ1n) is 14.4. The number of nitrogens with zero attached hydrogens (tertiary/aromatic N) is 2. The van der Waals surface area contributed by atoms with E-state index in [0.717, 1.165) is 14.7 Å². The van der Waals surface area contributed by atoms with Crippen molar-refractivity contribution in [2.45, 2.75) is 16.7 Å². The van der Waals surface area contributed by atoms with Crippen molar-refractivity contribution in [2.24, 2.45) is 7.05 Å². The molecule has 0 radical (unpaired) electrons. The highest BCUT2D eigenvalue weighted by atomic mass is 32.2. The molecule has 47 heavy (non-hydrogen) atoms. The van der Waals surface area contributed by atoms with Crippen LogP contribution < -0.4 is 31.7 Å². The van der Waals surface area contributed by atoms with Gasteiger partial charge in [0.2, 0.25) is 9.84 Å². The molecule has 0 aliphatic heterocycles. The van der Waals surface area contributed by atoms with E-state index in [2.05, 4.69) is 0 Å². The normalized spacial score (nSPS) is 11.7. The fourth-order valence-corrected chi connectivity index (χ4v) is 6.64. The number of hydrogen-bond acceptors (Lipinski definition) is 8. The molecular formula is C36H24N2O8S. The summed E-state index contributed by atoms with van der Waals surface area (Å²) in [7, 11) is -2.46. The Morgan fingerprint density at radius 1 is 0.489 bits per heavy atom. The molecule has 0 saturated carbocycles. The molecule has 0 saturated heterocycles. The van der Waals surface area contributed by atoms with E-state index in [1.54, 1.807) is 24.3 Å². The average Bonchev–Trinajstić information content (AvgIpc) is 3.45. The number of aryl methyl sites for hydroxylation is 1. The van der Waals surface area contributed by atoms with E-state index in [1.807, 2.05) is 31.2 Å². The zero-order valence-corrected chi connectivity index (χ0v) is 25.8. The second kappa shape index (κ2) is 11.1. The van der Waals surface area contributed by atoms with E-state index in [9.17, 15) is 27.6 Å². The van der Waals surface area contributed by atoms with Crippen LogP contribution >= 0.6 is 0 Å². The summed E-state index contributed by atoms with van der Waals surface area (Å²) in [5.74, 6) is 1.90. The molecule has 2 heterocycles. The van der Waals surface area contributed by atoms with E-state index in [-0.39, 0.29) is 37.0 Å². The van der Waals surface area contributed by atoms with Crippen LogP contribution in [0.4, 0.5) is 0 Å². The molecule has 0 fully saturated rings. The highest BCUT2D eigenvalue weighted by Crippen LogP contribution is 2.29. The van der Waals surface area contributed by atoms with Gasteiger partial charge in [0.05, 0.1) is 37.0 Å². The maximum atomic E-state index is 13.2. The Kier molecular flexibility index (Phi) is 6.98. The lowest BCUT2D eigenvalue weighted by atomic mass is 10.1. The van der Waals surface area contributed by atoms with E-state index >= 15 is 0 Å². The van der Waals surface area contributed by atoms with Crippen molar-refractivity contribution in [1.82, 2.24) is 9.13 Å². The summed E-state index contributed by atoms with van der Waals surface area (Å²) < 4.78 is 40.1. The van der Waals surface area contributed by atoms with Gasteiger partial charge in [0, 0.05) is 7.05 Å². The molecule has 232 valence electrons. The fourth-order valence-electron chi connectivity index (χ4n) is 5.38. The summed E-state index contributed by atoms with van der Waals surface area (Å²) in [5.41, 5.74) is -0.905. The molecule has 7 aromatic rings. The number of rotatable bonds is 7. The molecule has 0 spiro atoms. The summed E-state index contributed by atoms with van der Waals surface area (Å²) in [5, 5.41) is 0.269. The van der Waals surface area contributed by atoms with Crippen LogP contribution in [0.25, 0.3) is 27.2 Å². The highest BCUT2D eigenvalue weighted by Gasteiger charge is 2.20. The van der Waals surface area contributed by atoms with E-state index in [1.165, 1.54) is 67.7 Å². The standard InChI is InChI=1S/C36H24N2O8S/c1-21-3-7-23(8-4-21)45-25-11-15-27(16-12-25)47(43,44)28-17-13-26(14-18-28)46-24-9-5-22(6-10-24)38-35(41)31-19-29-30(20-32(31)36(38)42)34(40)37(2)33(29)39/h3-20H,1-2H3. The number of fused-ring (bicyclic) bond motifs is 2.